The van der Waals surface area contributed by atoms with E-state index >= 15 is 0 Å². The standard InChI is InChI=1S/C15H26N.ClH/c1-3-5-7-9-13-16-14-10-8-12-15(16)11-6-4-2;/h8,10,12,14H,3-7,9,11,13H2,1-2H3;1H/q+1;/p-1. The number of unbranched alkanes of at least 4 members (excludes halogenated alkanes) is 4. The molecule has 0 radical (unpaired) electrons. The predicted molar refractivity (Wildman–Crippen MR) is 69.4 cm³/mol. The average molecular weight is 256 g/mol. The lowest BCUT2D eigenvalue weighted by molar-refractivity contribution is -0.704. The van der Waals surface area contributed by atoms with Gasteiger partial charge in [-0.3, -0.25) is 0 Å². The quantitative estimate of drug-likeness (QED) is 0.480. The van der Waals surface area contributed by atoms with Crippen molar-refractivity contribution < 1.29 is 17.0 Å². The van der Waals surface area contributed by atoms with E-state index in [0.29, 0.717) is 0 Å². The third kappa shape index (κ3) is 6.68. The molecule has 1 aromatic heterocycles. The molecule has 1 heterocycles. The Hall–Kier alpha value is -0.560. The van der Waals surface area contributed by atoms with Crippen molar-refractivity contribution >= 4 is 0 Å². The summed E-state index contributed by atoms with van der Waals surface area (Å²) in [4.78, 5) is 0. The predicted octanol–water partition coefficient (Wildman–Crippen LogP) is 0.901. The minimum Gasteiger partial charge on any atom is -1.00 e. The first-order chi connectivity index (χ1) is 7.88. The van der Waals surface area contributed by atoms with E-state index in [0.717, 1.165) is 0 Å². The van der Waals surface area contributed by atoms with E-state index in [1.54, 1.807) is 0 Å². The Bertz CT molecular complexity index is 286. The van der Waals surface area contributed by atoms with E-state index in [1.165, 1.54) is 57.2 Å². The average Bonchev–Trinajstić information content (AvgIpc) is 2.33. The highest BCUT2D eigenvalue weighted by atomic mass is 35.5. The van der Waals surface area contributed by atoms with Crippen molar-refractivity contribution in [2.75, 3.05) is 0 Å². The van der Waals surface area contributed by atoms with Gasteiger partial charge in [-0.2, -0.15) is 0 Å². The number of aryl methyl sites for hydroxylation is 2. The normalized spacial score (nSPS) is 10.0. The summed E-state index contributed by atoms with van der Waals surface area (Å²) in [6.07, 6.45) is 11.4. The molecule has 0 fully saturated rings. The Morgan fingerprint density at radius 2 is 1.71 bits per heavy atom. The third-order valence-corrected chi connectivity index (χ3v) is 3.07. The molecule has 0 aromatic carbocycles. The van der Waals surface area contributed by atoms with Gasteiger partial charge in [0, 0.05) is 25.0 Å². The number of hydrogen-bond donors (Lipinski definition) is 0. The second-order valence-electron chi connectivity index (χ2n) is 4.55. The Labute approximate surface area is 113 Å². The van der Waals surface area contributed by atoms with Gasteiger partial charge in [0.1, 0.15) is 6.54 Å². The first kappa shape index (κ1) is 16.4. The Balaban J connectivity index is 0.00000256. The van der Waals surface area contributed by atoms with Crippen LogP contribution in [0, 0.1) is 0 Å². The number of rotatable bonds is 8. The zero-order valence-electron chi connectivity index (χ0n) is 11.3. The van der Waals surface area contributed by atoms with Crippen LogP contribution >= 0.6 is 0 Å². The molecule has 98 valence electrons. The number of pyridine rings is 1. The topological polar surface area (TPSA) is 3.88 Å². The largest absolute Gasteiger partial charge is 1.00 e. The molecule has 0 bridgehead atoms. The molecule has 0 saturated heterocycles. The summed E-state index contributed by atoms with van der Waals surface area (Å²) in [5.74, 6) is 0. The molecule has 0 atom stereocenters. The first-order valence-electron chi connectivity index (χ1n) is 6.85. The lowest BCUT2D eigenvalue weighted by atomic mass is 10.1. The summed E-state index contributed by atoms with van der Waals surface area (Å²) in [6, 6.07) is 6.58. The van der Waals surface area contributed by atoms with E-state index in [1.807, 2.05) is 0 Å². The molecule has 0 saturated carbocycles. The van der Waals surface area contributed by atoms with Gasteiger partial charge in [0.2, 0.25) is 0 Å². The minimum atomic E-state index is 0. The summed E-state index contributed by atoms with van der Waals surface area (Å²) in [6.45, 7) is 5.72. The molecule has 0 N–H and O–H groups in total. The van der Waals surface area contributed by atoms with Crippen molar-refractivity contribution in [1.82, 2.24) is 0 Å². The van der Waals surface area contributed by atoms with E-state index in [9.17, 15) is 0 Å². The number of aromatic nitrogens is 1. The van der Waals surface area contributed by atoms with Gasteiger partial charge in [-0.1, -0.05) is 39.2 Å². The fraction of sp³-hybridized carbons (Fsp3) is 0.667. The molecule has 0 unspecified atom stereocenters. The van der Waals surface area contributed by atoms with Gasteiger partial charge in [0.15, 0.2) is 11.9 Å². The molecule has 0 aliphatic heterocycles. The summed E-state index contributed by atoms with van der Waals surface area (Å²) in [5, 5.41) is 0. The molecule has 0 aliphatic carbocycles. The smallest absolute Gasteiger partial charge is 0.181 e. The third-order valence-electron chi connectivity index (χ3n) is 3.07. The second kappa shape index (κ2) is 10.6. The van der Waals surface area contributed by atoms with Crippen LogP contribution < -0.4 is 17.0 Å². The SMILES string of the molecule is CCCCCC[n+]1ccccc1CCCC.[Cl-]. The molecule has 0 aliphatic rings. The Morgan fingerprint density at radius 1 is 0.941 bits per heavy atom. The van der Waals surface area contributed by atoms with Crippen LogP contribution in [0.4, 0.5) is 0 Å². The lowest BCUT2D eigenvalue weighted by Gasteiger charge is -2.03. The van der Waals surface area contributed by atoms with Crippen LogP contribution in [0.3, 0.4) is 0 Å². The molecule has 1 nitrogen and oxygen atoms in total. The van der Waals surface area contributed by atoms with Gasteiger partial charge in [-0.15, -0.1) is 0 Å². The van der Waals surface area contributed by atoms with Crippen molar-refractivity contribution in [3.63, 3.8) is 0 Å². The second-order valence-corrected chi connectivity index (χ2v) is 4.55. The maximum absolute atomic E-state index is 2.44. The van der Waals surface area contributed by atoms with Crippen LogP contribution in [-0.2, 0) is 13.0 Å². The highest BCUT2D eigenvalue weighted by Crippen LogP contribution is 2.02. The fourth-order valence-electron chi connectivity index (χ4n) is 2.02. The van der Waals surface area contributed by atoms with Crippen LogP contribution in [-0.4, -0.2) is 0 Å². The van der Waals surface area contributed by atoms with E-state index in [2.05, 4.69) is 42.8 Å². The zero-order valence-corrected chi connectivity index (χ0v) is 12.0. The maximum Gasteiger partial charge on any atom is 0.181 e. The summed E-state index contributed by atoms with van der Waals surface area (Å²) >= 11 is 0. The van der Waals surface area contributed by atoms with Gasteiger partial charge in [0.25, 0.3) is 0 Å². The molecule has 1 rings (SSSR count). The monoisotopic (exact) mass is 255 g/mol. The minimum absolute atomic E-state index is 0. The summed E-state index contributed by atoms with van der Waals surface area (Å²) < 4.78 is 2.44. The first-order valence-corrected chi connectivity index (χ1v) is 6.85. The van der Waals surface area contributed by atoms with Crippen LogP contribution in [0.2, 0.25) is 0 Å². The van der Waals surface area contributed by atoms with Gasteiger partial charge in [-0.05, 0) is 12.8 Å². The Kier molecular flexibility index (Phi) is 10.2. The van der Waals surface area contributed by atoms with Crippen molar-refractivity contribution in [3.8, 4) is 0 Å². The molecule has 2 heteroatoms. The van der Waals surface area contributed by atoms with Gasteiger partial charge >= 0.3 is 0 Å². The van der Waals surface area contributed by atoms with Gasteiger partial charge in [-0.25, -0.2) is 4.57 Å². The van der Waals surface area contributed by atoms with Crippen LogP contribution in [0.1, 0.15) is 58.1 Å². The number of nitrogens with zero attached hydrogens (tertiary/aromatic N) is 1. The van der Waals surface area contributed by atoms with Crippen LogP contribution in [0.15, 0.2) is 24.4 Å². The molecule has 0 spiro atoms. The number of hydrogen-bond acceptors (Lipinski definition) is 0. The van der Waals surface area contributed by atoms with E-state index < -0.39 is 0 Å². The van der Waals surface area contributed by atoms with Crippen LogP contribution in [0.25, 0.3) is 0 Å². The molecule has 17 heavy (non-hydrogen) atoms. The van der Waals surface area contributed by atoms with Crippen molar-refractivity contribution in [1.29, 1.82) is 0 Å². The van der Waals surface area contributed by atoms with E-state index in [4.69, 9.17) is 0 Å². The molecular weight excluding hydrogens is 230 g/mol. The molecule has 1 aromatic rings. The summed E-state index contributed by atoms with van der Waals surface area (Å²) in [5.41, 5.74) is 1.50. The van der Waals surface area contributed by atoms with Crippen LogP contribution in [0.5, 0.6) is 0 Å². The van der Waals surface area contributed by atoms with E-state index in [-0.39, 0.29) is 12.4 Å². The zero-order chi connectivity index (χ0) is 11.6. The van der Waals surface area contributed by atoms with Crippen molar-refractivity contribution in [2.45, 2.75) is 65.3 Å². The van der Waals surface area contributed by atoms with Crippen molar-refractivity contribution in [3.05, 3.63) is 30.1 Å². The Morgan fingerprint density at radius 3 is 2.41 bits per heavy atom. The summed E-state index contributed by atoms with van der Waals surface area (Å²) in [7, 11) is 0. The maximum atomic E-state index is 2.44. The number of halogens is 1. The fourth-order valence-corrected chi connectivity index (χ4v) is 2.02. The van der Waals surface area contributed by atoms with Crippen molar-refractivity contribution in [2.24, 2.45) is 0 Å². The highest BCUT2D eigenvalue weighted by Gasteiger charge is 2.07. The molecular formula is C15H26ClN. The van der Waals surface area contributed by atoms with Gasteiger partial charge < -0.3 is 12.4 Å². The van der Waals surface area contributed by atoms with Gasteiger partial charge in [0.05, 0.1) is 0 Å². The highest BCUT2D eigenvalue weighted by molar-refractivity contribution is 4.97. The lowest BCUT2D eigenvalue weighted by Crippen LogP contribution is -3.00. The molecule has 0 amide bonds.